The number of ether oxygens (including phenoxy) is 1. The minimum atomic E-state index is -3.27. The smallest absolute Gasteiger partial charge is 0.337 e. The van der Waals surface area contributed by atoms with Crippen LogP contribution in [-0.4, -0.2) is 27.8 Å². The highest BCUT2D eigenvalue weighted by Crippen LogP contribution is 2.35. The van der Waals surface area contributed by atoms with Crippen LogP contribution in [-0.2, 0) is 14.6 Å². The predicted molar refractivity (Wildman–Crippen MR) is 81.1 cm³/mol. The van der Waals surface area contributed by atoms with E-state index in [2.05, 4.69) is 29.9 Å². The highest BCUT2D eigenvalue weighted by atomic mass is 32.2. The maximum atomic E-state index is 11.1. The van der Waals surface area contributed by atoms with Gasteiger partial charge in [-0.05, 0) is 41.8 Å². The van der Waals surface area contributed by atoms with E-state index in [4.69, 9.17) is 0 Å². The van der Waals surface area contributed by atoms with Gasteiger partial charge in [-0.1, -0.05) is 24.3 Å². The molecule has 2 aliphatic rings. The zero-order valence-corrected chi connectivity index (χ0v) is 12.9. The van der Waals surface area contributed by atoms with Crippen molar-refractivity contribution >= 4 is 15.8 Å². The Morgan fingerprint density at radius 1 is 1.10 bits per heavy atom. The molecule has 21 heavy (non-hydrogen) atoms. The molecule has 0 amide bonds. The Balaban J connectivity index is 0.000000189. The van der Waals surface area contributed by atoms with Crippen molar-refractivity contribution in [3.63, 3.8) is 0 Å². The summed E-state index contributed by atoms with van der Waals surface area (Å²) < 4.78 is 26.8. The SMILES string of the molecule is COC(=O)c1cccc(S(C)(=O)=O)c1.Cc1cc2ccc1-2. The van der Waals surface area contributed by atoms with E-state index in [1.807, 2.05) is 0 Å². The normalized spacial score (nSPS) is 11.2. The number of aryl methyl sites for hydroxylation is 1. The minimum Gasteiger partial charge on any atom is -0.465 e. The molecule has 0 N–H and O–H groups in total. The zero-order chi connectivity index (χ0) is 15.6. The number of fused-ring (bicyclic) bond motifs is 1. The first-order valence-corrected chi connectivity index (χ1v) is 8.21. The summed E-state index contributed by atoms with van der Waals surface area (Å²) in [4.78, 5) is 11.2. The van der Waals surface area contributed by atoms with Crippen molar-refractivity contribution < 1.29 is 17.9 Å². The summed E-state index contributed by atoms with van der Waals surface area (Å²) in [5.74, 6) is -0.546. The van der Waals surface area contributed by atoms with Gasteiger partial charge in [0.05, 0.1) is 17.6 Å². The molecule has 0 spiro atoms. The maximum Gasteiger partial charge on any atom is 0.337 e. The minimum absolute atomic E-state index is 0.111. The monoisotopic (exact) mass is 304 g/mol. The Kier molecular flexibility index (Phi) is 4.14. The van der Waals surface area contributed by atoms with Crippen LogP contribution < -0.4 is 0 Å². The quantitative estimate of drug-likeness (QED) is 0.683. The van der Waals surface area contributed by atoms with E-state index >= 15 is 0 Å². The lowest BCUT2D eigenvalue weighted by atomic mass is 9.88. The standard InChI is InChI=1S/C9H10O4S.C7H6/c1-13-9(10)7-4-3-5-8(6-7)14(2,11)12;1-5-4-6-2-3-7(5)6/h3-6H,1-2H3;2-4H,1H3. The highest BCUT2D eigenvalue weighted by molar-refractivity contribution is 7.90. The molecule has 0 atom stereocenters. The number of methoxy groups -OCH3 is 1. The van der Waals surface area contributed by atoms with Crippen molar-refractivity contribution in [3.05, 3.63) is 53.6 Å². The average molecular weight is 304 g/mol. The van der Waals surface area contributed by atoms with Gasteiger partial charge in [0.2, 0.25) is 0 Å². The molecule has 5 heteroatoms. The number of benzene rings is 2. The van der Waals surface area contributed by atoms with Crippen molar-refractivity contribution in [3.8, 4) is 11.1 Å². The molecule has 0 bridgehead atoms. The van der Waals surface area contributed by atoms with Crippen LogP contribution >= 0.6 is 0 Å². The third-order valence-electron chi connectivity index (χ3n) is 3.22. The van der Waals surface area contributed by atoms with Crippen LogP contribution in [0.4, 0.5) is 0 Å². The lowest BCUT2D eigenvalue weighted by Gasteiger charge is -2.17. The molecule has 0 saturated heterocycles. The van der Waals surface area contributed by atoms with Gasteiger partial charge in [-0.25, -0.2) is 13.2 Å². The van der Waals surface area contributed by atoms with E-state index in [0.29, 0.717) is 0 Å². The molecular weight excluding hydrogens is 288 g/mol. The summed E-state index contributed by atoms with van der Waals surface area (Å²) in [6, 6.07) is 12.2. The van der Waals surface area contributed by atoms with Gasteiger partial charge in [0.1, 0.15) is 0 Å². The van der Waals surface area contributed by atoms with E-state index in [9.17, 15) is 13.2 Å². The fourth-order valence-corrected chi connectivity index (χ4v) is 2.62. The van der Waals surface area contributed by atoms with Crippen molar-refractivity contribution in [1.82, 2.24) is 0 Å². The Hall–Kier alpha value is -2.14. The van der Waals surface area contributed by atoms with E-state index in [0.717, 1.165) is 6.26 Å². The molecule has 0 aliphatic heterocycles. The second-order valence-electron chi connectivity index (χ2n) is 4.82. The molecule has 110 valence electrons. The molecule has 0 saturated carbocycles. The highest BCUT2D eigenvalue weighted by Gasteiger charge is 2.11. The van der Waals surface area contributed by atoms with Gasteiger partial charge in [0.15, 0.2) is 9.84 Å². The fourth-order valence-electron chi connectivity index (χ4n) is 1.95. The first-order valence-electron chi connectivity index (χ1n) is 6.32. The van der Waals surface area contributed by atoms with Gasteiger partial charge in [0, 0.05) is 6.26 Å². The number of esters is 1. The Bertz CT molecular complexity index is 792. The predicted octanol–water partition coefficient (Wildman–Crippen LogP) is 2.85. The number of rotatable bonds is 2. The fraction of sp³-hybridized carbons (Fsp3) is 0.188. The van der Waals surface area contributed by atoms with Crippen molar-refractivity contribution in [2.24, 2.45) is 0 Å². The zero-order valence-electron chi connectivity index (χ0n) is 12.1. The van der Waals surface area contributed by atoms with Gasteiger partial charge < -0.3 is 4.74 Å². The molecule has 3 rings (SSSR count). The number of hydrogen-bond donors (Lipinski definition) is 0. The molecule has 2 aliphatic carbocycles. The molecule has 0 aromatic heterocycles. The summed E-state index contributed by atoms with van der Waals surface area (Å²) in [6.45, 7) is 2.14. The number of carbonyl (C=O) groups excluding carboxylic acids is 1. The van der Waals surface area contributed by atoms with Gasteiger partial charge in [-0.3, -0.25) is 0 Å². The lowest BCUT2D eigenvalue weighted by Crippen LogP contribution is -2.04. The molecule has 0 unspecified atom stereocenters. The van der Waals surface area contributed by atoms with Gasteiger partial charge in [0.25, 0.3) is 0 Å². The molecular formula is C16H16O4S. The summed E-state index contributed by atoms with van der Waals surface area (Å²) in [5, 5.41) is 0. The van der Waals surface area contributed by atoms with Gasteiger partial charge in [-0.15, -0.1) is 0 Å². The van der Waals surface area contributed by atoms with E-state index in [1.54, 1.807) is 0 Å². The first kappa shape index (κ1) is 15.3. The largest absolute Gasteiger partial charge is 0.465 e. The second-order valence-corrected chi connectivity index (χ2v) is 6.84. The second kappa shape index (κ2) is 5.69. The average Bonchev–Trinajstić information content (AvgIpc) is 2.43. The van der Waals surface area contributed by atoms with Gasteiger partial charge in [-0.2, -0.15) is 0 Å². The lowest BCUT2D eigenvalue weighted by molar-refractivity contribution is 0.0600. The van der Waals surface area contributed by atoms with Crippen molar-refractivity contribution in [2.45, 2.75) is 11.8 Å². The van der Waals surface area contributed by atoms with Crippen LogP contribution in [0.15, 0.2) is 47.4 Å². The third-order valence-corrected chi connectivity index (χ3v) is 4.33. The summed E-state index contributed by atoms with van der Waals surface area (Å²) in [5.41, 5.74) is 4.59. The molecule has 1 aromatic rings. The van der Waals surface area contributed by atoms with E-state index in [1.165, 1.54) is 48.1 Å². The van der Waals surface area contributed by atoms with Crippen LogP contribution in [0.5, 0.6) is 0 Å². The number of carbonyl (C=O) groups is 1. The number of sulfone groups is 1. The Morgan fingerprint density at radius 3 is 2.14 bits per heavy atom. The summed E-state index contributed by atoms with van der Waals surface area (Å²) in [7, 11) is -2.03. The molecule has 0 radical (unpaired) electrons. The van der Waals surface area contributed by atoms with Crippen LogP contribution in [0.1, 0.15) is 15.9 Å². The van der Waals surface area contributed by atoms with E-state index < -0.39 is 15.8 Å². The van der Waals surface area contributed by atoms with Crippen LogP contribution in [0.25, 0.3) is 11.1 Å². The molecule has 0 heterocycles. The third kappa shape index (κ3) is 3.31. The molecule has 1 aromatic carbocycles. The molecule has 0 fully saturated rings. The molecule has 4 nitrogen and oxygen atoms in total. The van der Waals surface area contributed by atoms with E-state index in [-0.39, 0.29) is 10.5 Å². The number of hydrogen-bond acceptors (Lipinski definition) is 4. The Morgan fingerprint density at radius 2 is 1.81 bits per heavy atom. The topological polar surface area (TPSA) is 60.4 Å². The van der Waals surface area contributed by atoms with Crippen molar-refractivity contribution in [1.29, 1.82) is 0 Å². The van der Waals surface area contributed by atoms with Crippen LogP contribution in [0, 0.1) is 6.92 Å². The van der Waals surface area contributed by atoms with Gasteiger partial charge >= 0.3 is 5.97 Å². The summed E-state index contributed by atoms with van der Waals surface area (Å²) >= 11 is 0. The summed E-state index contributed by atoms with van der Waals surface area (Å²) in [6.07, 6.45) is 1.09. The maximum absolute atomic E-state index is 11.1. The van der Waals surface area contributed by atoms with Crippen LogP contribution in [0.2, 0.25) is 0 Å². The van der Waals surface area contributed by atoms with Crippen molar-refractivity contribution in [2.75, 3.05) is 13.4 Å². The first-order chi connectivity index (χ1) is 9.82. The van der Waals surface area contributed by atoms with Crippen LogP contribution in [0.3, 0.4) is 0 Å². The Labute approximate surface area is 124 Å².